The molecule has 170 valence electrons. The van der Waals surface area contributed by atoms with Crippen LogP contribution in [0.2, 0.25) is 5.02 Å². The Bertz CT molecular complexity index is 1220. The third-order valence-corrected chi connectivity index (χ3v) is 5.76. The lowest BCUT2D eigenvalue weighted by Gasteiger charge is -2.30. The highest BCUT2D eigenvalue weighted by Gasteiger charge is 2.17. The van der Waals surface area contributed by atoms with Crippen molar-refractivity contribution in [3.63, 3.8) is 0 Å². The van der Waals surface area contributed by atoms with Gasteiger partial charge < -0.3 is 9.80 Å². The van der Waals surface area contributed by atoms with E-state index in [1.54, 1.807) is 0 Å². The monoisotopic (exact) mass is 464 g/mol. The molecule has 2 nitrogen and oxygen atoms in total. The summed E-state index contributed by atoms with van der Waals surface area (Å²) in [7, 11) is 0. The normalized spacial score (nSPS) is 11.2. The molecule has 0 atom stereocenters. The van der Waals surface area contributed by atoms with Crippen molar-refractivity contribution in [1.82, 2.24) is 0 Å². The van der Waals surface area contributed by atoms with Gasteiger partial charge in [0.2, 0.25) is 0 Å². The second-order valence-corrected chi connectivity index (χ2v) is 8.53. The van der Waals surface area contributed by atoms with Gasteiger partial charge in [-0.25, -0.2) is 0 Å². The first-order valence-electron chi connectivity index (χ1n) is 11.5. The maximum absolute atomic E-state index is 6.47. The number of allylic oxidation sites excluding steroid dienone is 2. The van der Waals surface area contributed by atoms with Crippen LogP contribution in [-0.2, 0) is 0 Å². The average molecular weight is 465 g/mol. The van der Waals surface area contributed by atoms with Gasteiger partial charge >= 0.3 is 0 Å². The highest BCUT2D eigenvalue weighted by atomic mass is 35.5. The summed E-state index contributed by atoms with van der Waals surface area (Å²) >= 11 is 6.47. The lowest BCUT2D eigenvalue weighted by Crippen LogP contribution is -2.16. The highest BCUT2D eigenvalue weighted by Crippen LogP contribution is 2.39. The minimum Gasteiger partial charge on any atom is -0.311 e. The van der Waals surface area contributed by atoms with Crippen LogP contribution in [0, 0.1) is 6.92 Å². The molecule has 0 fully saturated rings. The van der Waals surface area contributed by atoms with Crippen LogP contribution in [0.25, 0.3) is 0 Å². The standard InChI is InChI=1S/C31H29ClN2/c1-4-13-26(5-2)33(31-21-24(3)20-25(32)22-31)29-18-12-19-30(23-29)34(27-14-8-6-9-15-27)28-16-10-7-11-17-28/h5-23H,2,4H2,1,3H3/b26-13+. The van der Waals surface area contributed by atoms with Gasteiger partial charge in [-0.3, -0.25) is 0 Å². The van der Waals surface area contributed by atoms with Gasteiger partial charge in [0.25, 0.3) is 0 Å². The molecule has 0 aliphatic carbocycles. The van der Waals surface area contributed by atoms with E-state index >= 15 is 0 Å². The van der Waals surface area contributed by atoms with Crippen LogP contribution in [0.15, 0.2) is 128 Å². The molecule has 4 rings (SSSR count). The first-order valence-corrected chi connectivity index (χ1v) is 11.9. The molecule has 0 radical (unpaired) electrons. The maximum atomic E-state index is 6.47. The predicted octanol–water partition coefficient (Wildman–Crippen LogP) is 9.74. The average Bonchev–Trinajstić information content (AvgIpc) is 2.85. The molecule has 34 heavy (non-hydrogen) atoms. The fourth-order valence-corrected chi connectivity index (χ4v) is 4.42. The van der Waals surface area contributed by atoms with Gasteiger partial charge in [0.05, 0.1) is 0 Å². The summed E-state index contributed by atoms with van der Waals surface area (Å²) in [6, 6.07) is 35.6. The van der Waals surface area contributed by atoms with Gasteiger partial charge in [0.15, 0.2) is 0 Å². The minimum atomic E-state index is 0.714. The molecule has 4 aromatic rings. The Hall–Kier alpha value is -3.75. The molecule has 0 saturated heterocycles. The fourth-order valence-electron chi connectivity index (χ4n) is 4.14. The Kier molecular flexibility index (Phi) is 7.51. The van der Waals surface area contributed by atoms with Gasteiger partial charge in [0.1, 0.15) is 0 Å². The van der Waals surface area contributed by atoms with Crippen LogP contribution in [-0.4, -0.2) is 0 Å². The van der Waals surface area contributed by atoms with Crippen LogP contribution in [0.4, 0.5) is 28.4 Å². The molecule has 0 bridgehead atoms. The van der Waals surface area contributed by atoms with E-state index in [1.807, 2.05) is 30.3 Å². The topological polar surface area (TPSA) is 6.48 Å². The smallest absolute Gasteiger partial charge is 0.0482 e. The number of hydrogen-bond acceptors (Lipinski definition) is 2. The number of rotatable bonds is 8. The Labute approximate surface area is 208 Å². The van der Waals surface area contributed by atoms with Gasteiger partial charge in [-0.15, -0.1) is 0 Å². The zero-order valence-corrected chi connectivity index (χ0v) is 20.4. The van der Waals surface area contributed by atoms with Crippen molar-refractivity contribution < 1.29 is 0 Å². The Morgan fingerprint density at radius 3 is 1.88 bits per heavy atom. The molecule has 0 aromatic heterocycles. The van der Waals surface area contributed by atoms with Crippen LogP contribution >= 0.6 is 11.6 Å². The summed E-state index contributed by atoms with van der Waals surface area (Å²) in [5.41, 5.74) is 7.45. The summed E-state index contributed by atoms with van der Waals surface area (Å²) < 4.78 is 0. The van der Waals surface area contributed by atoms with E-state index in [4.69, 9.17) is 11.6 Å². The molecule has 0 heterocycles. The fraction of sp³-hybridized carbons (Fsp3) is 0.0968. The lowest BCUT2D eigenvalue weighted by atomic mass is 10.1. The molecule has 0 unspecified atom stereocenters. The van der Waals surface area contributed by atoms with Gasteiger partial charge in [-0.05, 0) is 85.6 Å². The first-order chi connectivity index (χ1) is 16.6. The molecular formula is C31H29ClN2. The van der Waals surface area contributed by atoms with Crippen molar-refractivity contribution in [2.45, 2.75) is 20.3 Å². The lowest BCUT2D eigenvalue weighted by molar-refractivity contribution is 1.13. The molecule has 3 heteroatoms. The van der Waals surface area contributed by atoms with Gasteiger partial charge in [0, 0.05) is 39.2 Å². The predicted molar refractivity (Wildman–Crippen MR) is 148 cm³/mol. The second kappa shape index (κ2) is 10.9. The van der Waals surface area contributed by atoms with Crippen LogP contribution < -0.4 is 9.80 Å². The number of aryl methyl sites for hydroxylation is 1. The van der Waals surface area contributed by atoms with Crippen molar-refractivity contribution in [3.8, 4) is 0 Å². The summed E-state index contributed by atoms with van der Waals surface area (Å²) in [5.74, 6) is 0. The molecule has 0 aliphatic heterocycles. The molecule has 0 spiro atoms. The number of para-hydroxylation sites is 2. The van der Waals surface area contributed by atoms with Crippen LogP contribution in [0.1, 0.15) is 18.9 Å². The summed E-state index contributed by atoms with van der Waals surface area (Å²) in [6.07, 6.45) is 4.98. The largest absolute Gasteiger partial charge is 0.311 e. The van der Waals surface area contributed by atoms with Crippen LogP contribution in [0.3, 0.4) is 0 Å². The van der Waals surface area contributed by atoms with Gasteiger partial charge in [-0.2, -0.15) is 0 Å². The Morgan fingerprint density at radius 1 is 0.735 bits per heavy atom. The number of anilines is 5. The van der Waals surface area contributed by atoms with E-state index in [0.29, 0.717) is 5.02 Å². The van der Waals surface area contributed by atoms with E-state index in [1.165, 1.54) is 0 Å². The van der Waals surface area contributed by atoms with E-state index in [2.05, 4.69) is 115 Å². The van der Waals surface area contributed by atoms with E-state index < -0.39 is 0 Å². The quantitative estimate of drug-likeness (QED) is 0.239. The summed E-state index contributed by atoms with van der Waals surface area (Å²) in [6.45, 7) is 8.29. The minimum absolute atomic E-state index is 0.714. The third kappa shape index (κ3) is 5.24. The molecule has 0 saturated carbocycles. The van der Waals surface area contributed by atoms with Crippen molar-refractivity contribution in [1.29, 1.82) is 0 Å². The summed E-state index contributed by atoms with van der Waals surface area (Å²) in [5, 5.41) is 0.714. The van der Waals surface area contributed by atoms with E-state index in [-0.39, 0.29) is 0 Å². The van der Waals surface area contributed by atoms with Crippen molar-refractivity contribution in [2.24, 2.45) is 0 Å². The first kappa shape index (κ1) is 23.4. The Balaban J connectivity index is 1.89. The van der Waals surface area contributed by atoms with Crippen molar-refractivity contribution in [3.05, 3.63) is 138 Å². The SMILES string of the molecule is C=C/C(=C\CC)N(c1cc(C)cc(Cl)c1)c1cccc(N(c2ccccc2)c2ccccc2)c1. The van der Waals surface area contributed by atoms with Gasteiger partial charge in [-0.1, -0.05) is 73.6 Å². The molecule has 0 N–H and O–H groups in total. The van der Waals surface area contributed by atoms with Crippen LogP contribution in [0.5, 0.6) is 0 Å². The van der Waals surface area contributed by atoms with E-state index in [9.17, 15) is 0 Å². The molecule has 0 aliphatic rings. The highest BCUT2D eigenvalue weighted by molar-refractivity contribution is 6.31. The number of benzene rings is 4. The molecular weight excluding hydrogens is 436 g/mol. The second-order valence-electron chi connectivity index (χ2n) is 8.09. The number of hydrogen-bond donors (Lipinski definition) is 0. The zero-order chi connectivity index (χ0) is 23.9. The zero-order valence-electron chi connectivity index (χ0n) is 19.7. The Morgan fingerprint density at radius 2 is 1.32 bits per heavy atom. The van der Waals surface area contributed by atoms with E-state index in [0.717, 1.165) is 46.1 Å². The third-order valence-electron chi connectivity index (χ3n) is 5.54. The number of nitrogens with zero attached hydrogens (tertiary/aromatic N) is 2. The van der Waals surface area contributed by atoms with Crippen molar-refractivity contribution in [2.75, 3.05) is 9.80 Å². The summed E-state index contributed by atoms with van der Waals surface area (Å²) in [4.78, 5) is 4.48. The number of halogens is 1. The molecule has 0 amide bonds. The maximum Gasteiger partial charge on any atom is 0.0482 e. The van der Waals surface area contributed by atoms with Crippen molar-refractivity contribution >= 4 is 40.0 Å². The molecule has 4 aromatic carbocycles.